The minimum absolute atomic E-state index is 0.0582. The van der Waals surface area contributed by atoms with Gasteiger partial charge in [0.2, 0.25) is 5.91 Å². The number of rotatable bonds is 9. The molecule has 166 valence electrons. The molecule has 0 bridgehead atoms. The van der Waals surface area contributed by atoms with Crippen LogP contribution in [0, 0.1) is 0 Å². The maximum absolute atomic E-state index is 13.1. The molecule has 2 amide bonds. The Balaban J connectivity index is 1.72. The van der Waals surface area contributed by atoms with Crippen molar-refractivity contribution in [2.45, 2.75) is 89.2 Å². The Bertz CT molecular complexity index is 722. The summed E-state index contributed by atoms with van der Waals surface area (Å²) in [5.74, 6) is 0.927. The fraction of sp³-hybridized carbons (Fsp3) is 0.667. The number of benzene rings is 1. The number of hydrogen-bond acceptors (Lipinski definition) is 4. The molecule has 2 N–H and O–H groups in total. The van der Waals surface area contributed by atoms with E-state index in [1.165, 1.54) is 12.8 Å². The summed E-state index contributed by atoms with van der Waals surface area (Å²) in [7, 11) is 1.59. The van der Waals surface area contributed by atoms with E-state index in [0.717, 1.165) is 44.9 Å². The molecule has 0 heterocycles. The molecule has 0 radical (unpaired) electrons. The quantitative estimate of drug-likeness (QED) is 0.586. The number of unbranched alkanes of at least 4 members (excludes halogenated alkanes) is 1. The molecule has 6 nitrogen and oxygen atoms in total. The molecular formula is C24H36N2O4. The molecule has 2 aliphatic rings. The Morgan fingerprint density at radius 3 is 2.47 bits per heavy atom. The average Bonchev–Trinajstić information content (AvgIpc) is 3.28. The second-order valence-electron chi connectivity index (χ2n) is 8.60. The summed E-state index contributed by atoms with van der Waals surface area (Å²) < 4.78 is 11.6. The summed E-state index contributed by atoms with van der Waals surface area (Å²) >= 11 is 0. The summed E-state index contributed by atoms with van der Waals surface area (Å²) in [6.45, 7) is 2.74. The summed E-state index contributed by atoms with van der Waals surface area (Å²) in [6, 6.07) is 5.28. The molecule has 1 aromatic rings. The third kappa shape index (κ3) is 5.46. The van der Waals surface area contributed by atoms with Crippen LogP contribution in [-0.2, 0) is 4.79 Å². The predicted octanol–water partition coefficient (Wildman–Crippen LogP) is 4.37. The van der Waals surface area contributed by atoms with E-state index >= 15 is 0 Å². The molecule has 1 aromatic carbocycles. The predicted molar refractivity (Wildman–Crippen MR) is 117 cm³/mol. The molecule has 3 rings (SSSR count). The lowest BCUT2D eigenvalue weighted by atomic mass is 9.80. The summed E-state index contributed by atoms with van der Waals surface area (Å²) in [6.07, 6.45) is 11.0. The van der Waals surface area contributed by atoms with Crippen LogP contribution < -0.4 is 20.1 Å². The highest BCUT2D eigenvalue weighted by molar-refractivity contribution is 5.99. The third-order valence-corrected chi connectivity index (χ3v) is 6.33. The van der Waals surface area contributed by atoms with E-state index in [-0.39, 0.29) is 17.9 Å². The van der Waals surface area contributed by atoms with Gasteiger partial charge in [-0.2, -0.15) is 0 Å². The van der Waals surface area contributed by atoms with Crippen molar-refractivity contribution in [2.24, 2.45) is 0 Å². The maximum atomic E-state index is 13.1. The smallest absolute Gasteiger partial charge is 0.252 e. The van der Waals surface area contributed by atoms with Crippen LogP contribution in [0.1, 0.15) is 87.9 Å². The summed E-state index contributed by atoms with van der Waals surface area (Å²) in [5, 5.41) is 6.10. The van der Waals surface area contributed by atoms with Gasteiger partial charge in [0.1, 0.15) is 5.54 Å². The fourth-order valence-electron chi connectivity index (χ4n) is 4.49. The SMILES string of the molecule is CCCCNC(=O)C1(NC(=O)c2ccc(OC3CCCC3)c(OC)c2)CCCCC1. The zero-order valence-corrected chi connectivity index (χ0v) is 18.4. The highest BCUT2D eigenvalue weighted by atomic mass is 16.5. The second-order valence-corrected chi connectivity index (χ2v) is 8.60. The van der Waals surface area contributed by atoms with Crippen LogP contribution in [0.15, 0.2) is 18.2 Å². The average molecular weight is 417 g/mol. The van der Waals surface area contributed by atoms with Gasteiger partial charge in [0.15, 0.2) is 11.5 Å². The Kier molecular flexibility index (Phi) is 8.00. The second kappa shape index (κ2) is 10.7. The number of ether oxygens (including phenoxy) is 2. The highest BCUT2D eigenvalue weighted by Crippen LogP contribution is 2.33. The number of nitrogens with one attached hydrogen (secondary N) is 2. The first-order valence-electron chi connectivity index (χ1n) is 11.5. The van der Waals surface area contributed by atoms with Gasteiger partial charge in [-0.25, -0.2) is 0 Å². The largest absolute Gasteiger partial charge is 0.493 e. The highest BCUT2D eigenvalue weighted by Gasteiger charge is 2.40. The van der Waals surface area contributed by atoms with Crippen LogP contribution in [0.5, 0.6) is 11.5 Å². The number of carbonyl (C=O) groups is 2. The van der Waals surface area contributed by atoms with Gasteiger partial charge in [0, 0.05) is 12.1 Å². The van der Waals surface area contributed by atoms with Gasteiger partial charge in [-0.05, 0) is 63.1 Å². The molecule has 0 saturated heterocycles. The third-order valence-electron chi connectivity index (χ3n) is 6.33. The number of methoxy groups -OCH3 is 1. The Morgan fingerprint density at radius 1 is 1.07 bits per heavy atom. The van der Waals surface area contributed by atoms with Crippen LogP contribution >= 0.6 is 0 Å². The van der Waals surface area contributed by atoms with E-state index < -0.39 is 5.54 Å². The Hall–Kier alpha value is -2.24. The van der Waals surface area contributed by atoms with E-state index in [9.17, 15) is 9.59 Å². The van der Waals surface area contributed by atoms with Crippen LogP contribution in [0.25, 0.3) is 0 Å². The number of amides is 2. The first-order chi connectivity index (χ1) is 14.6. The number of carbonyl (C=O) groups excluding carboxylic acids is 2. The Labute approximate surface area is 180 Å². The molecule has 2 saturated carbocycles. The van der Waals surface area contributed by atoms with Gasteiger partial charge in [0.05, 0.1) is 13.2 Å². The van der Waals surface area contributed by atoms with E-state index in [4.69, 9.17) is 9.47 Å². The van der Waals surface area contributed by atoms with Gasteiger partial charge in [-0.1, -0.05) is 32.6 Å². The first kappa shape index (κ1) is 22.4. The maximum Gasteiger partial charge on any atom is 0.252 e. The van der Waals surface area contributed by atoms with Crippen molar-refractivity contribution in [2.75, 3.05) is 13.7 Å². The lowest BCUT2D eigenvalue weighted by molar-refractivity contribution is -0.128. The van der Waals surface area contributed by atoms with Crippen molar-refractivity contribution in [1.82, 2.24) is 10.6 Å². The molecule has 0 unspecified atom stereocenters. The van der Waals surface area contributed by atoms with Crippen LogP contribution in [-0.4, -0.2) is 37.1 Å². The fourth-order valence-corrected chi connectivity index (χ4v) is 4.49. The molecule has 0 spiro atoms. The molecule has 0 aliphatic heterocycles. The van der Waals surface area contributed by atoms with Gasteiger partial charge >= 0.3 is 0 Å². The molecule has 2 fully saturated rings. The zero-order chi connectivity index (χ0) is 21.4. The minimum atomic E-state index is -0.824. The molecule has 0 aromatic heterocycles. The van der Waals surface area contributed by atoms with Gasteiger partial charge in [-0.15, -0.1) is 0 Å². The van der Waals surface area contributed by atoms with Crippen molar-refractivity contribution in [1.29, 1.82) is 0 Å². The van der Waals surface area contributed by atoms with Crippen molar-refractivity contribution in [3.05, 3.63) is 23.8 Å². The zero-order valence-electron chi connectivity index (χ0n) is 18.4. The first-order valence-corrected chi connectivity index (χ1v) is 11.5. The van der Waals surface area contributed by atoms with Gasteiger partial charge < -0.3 is 20.1 Å². The van der Waals surface area contributed by atoms with E-state index in [2.05, 4.69) is 17.6 Å². The van der Waals surface area contributed by atoms with Crippen LogP contribution in [0.2, 0.25) is 0 Å². The van der Waals surface area contributed by atoms with Crippen molar-refractivity contribution < 1.29 is 19.1 Å². The lowest BCUT2D eigenvalue weighted by Gasteiger charge is -2.36. The van der Waals surface area contributed by atoms with E-state index in [1.54, 1.807) is 25.3 Å². The molecule has 2 aliphatic carbocycles. The van der Waals surface area contributed by atoms with E-state index in [0.29, 0.717) is 36.4 Å². The summed E-state index contributed by atoms with van der Waals surface area (Å²) in [4.78, 5) is 26.1. The molecular weight excluding hydrogens is 380 g/mol. The normalized spacial score (nSPS) is 18.6. The minimum Gasteiger partial charge on any atom is -0.493 e. The van der Waals surface area contributed by atoms with Gasteiger partial charge in [0.25, 0.3) is 5.91 Å². The topological polar surface area (TPSA) is 76.7 Å². The standard InChI is InChI=1S/C24H36N2O4/c1-3-4-16-25-23(28)24(14-8-5-9-15-24)26-22(27)18-12-13-20(21(17-18)29-2)30-19-10-6-7-11-19/h12-13,17,19H,3-11,14-16H2,1-2H3,(H,25,28)(H,26,27). The lowest BCUT2D eigenvalue weighted by Crippen LogP contribution is -2.59. The molecule has 6 heteroatoms. The summed E-state index contributed by atoms with van der Waals surface area (Å²) in [5.41, 5.74) is -0.341. The Morgan fingerprint density at radius 2 is 1.80 bits per heavy atom. The molecule has 30 heavy (non-hydrogen) atoms. The van der Waals surface area contributed by atoms with Crippen molar-refractivity contribution >= 4 is 11.8 Å². The van der Waals surface area contributed by atoms with E-state index in [1.807, 2.05) is 0 Å². The van der Waals surface area contributed by atoms with Crippen LogP contribution in [0.3, 0.4) is 0 Å². The van der Waals surface area contributed by atoms with Crippen LogP contribution in [0.4, 0.5) is 0 Å². The van der Waals surface area contributed by atoms with Gasteiger partial charge in [-0.3, -0.25) is 9.59 Å². The monoisotopic (exact) mass is 416 g/mol. The number of hydrogen-bond donors (Lipinski definition) is 2. The van der Waals surface area contributed by atoms with Crippen molar-refractivity contribution in [3.8, 4) is 11.5 Å². The molecule has 0 atom stereocenters. The van der Waals surface area contributed by atoms with Crippen molar-refractivity contribution in [3.63, 3.8) is 0 Å².